The maximum atomic E-state index is 12.3. The summed E-state index contributed by atoms with van der Waals surface area (Å²) < 4.78 is 0. The van der Waals surface area contributed by atoms with E-state index in [1.54, 1.807) is 0 Å². The molecule has 1 heterocycles. The molecule has 0 atom stereocenters. The first kappa shape index (κ1) is 16.9. The zero-order valence-electron chi connectivity index (χ0n) is 12.9. The van der Waals surface area contributed by atoms with Crippen LogP contribution < -0.4 is 11.3 Å². The van der Waals surface area contributed by atoms with Crippen LogP contribution in [-0.2, 0) is 9.59 Å². The first-order chi connectivity index (χ1) is 9.47. The van der Waals surface area contributed by atoms with Crippen molar-refractivity contribution in [1.29, 1.82) is 0 Å². The number of likely N-dealkylation sites (tertiary alicyclic amines) is 1. The van der Waals surface area contributed by atoms with Gasteiger partial charge < -0.3 is 4.90 Å². The highest BCUT2D eigenvalue weighted by Gasteiger charge is 2.27. The number of amides is 2. The molecular formula is C14H28N4O2. The van der Waals surface area contributed by atoms with E-state index in [9.17, 15) is 9.59 Å². The van der Waals surface area contributed by atoms with E-state index in [0.717, 1.165) is 13.1 Å². The van der Waals surface area contributed by atoms with Gasteiger partial charge in [-0.25, -0.2) is 5.84 Å². The number of nitrogens with one attached hydrogen (secondary N) is 1. The molecule has 1 rings (SSSR count). The van der Waals surface area contributed by atoms with Gasteiger partial charge in [-0.15, -0.1) is 0 Å². The van der Waals surface area contributed by atoms with E-state index in [1.807, 2.05) is 4.90 Å². The van der Waals surface area contributed by atoms with Crippen LogP contribution in [0.3, 0.4) is 0 Å². The van der Waals surface area contributed by atoms with Crippen LogP contribution in [0.2, 0.25) is 0 Å². The van der Waals surface area contributed by atoms with E-state index >= 15 is 0 Å². The summed E-state index contributed by atoms with van der Waals surface area (Å²) in [5, 5.41) is 0. The number of likely N-dealkylation sites (N-methyl/N-ethyl adjacent to an activating group) is 1. The number of nitrogens with zero attached hydrogens (tertiary/aromatic N) is 2. The van der Waals surface area contributed by atoms with Crippen LogP contribution >= 0.6 is 0 Å². The predicted octanol–water partition coefficient (Wildman–Crippen LogP) is 0.193. The Hall–Kier alpha value is -1.14. The standard InChI is InChI=1S/C14H28N4O2/c1-4-17(9-11(2)3)10-13(19)18-7-5-12(6-8-18)14(20)16-15/h11-12H,4-10,15H2,1-3H3,(H,16,20). The predicted molar refractivity (Wildman–Crippen MR) is 78.6 cm³/mol. The molecule has 2 amide bonds. The molecule has 6 heteroatoms. The zero-order valence-corrected chi connectivity index (χ0v) is 12.9. The fraction of sp³-hybridized carbons (Fsp3) is 0.857. The number of carbonyl (C=O) groups is 2. The number of rotatable bonds is 6. The fourth-order valence-electron chi connectivity index (χ4n) is 2.62. The summed E-state index contributed by atoms with van der Waals surface area (Å²) in [5.41, 5.74) is 2.19. The minimum atomic E-state index is -0.118. The maximum absolute atomic E-state index is 12.3. The Morgan fingerprint density at radius 2 is 1.95 bits per heavy atom. The van der Waals surface area contributed by atoms with Gasteiger partial charge in [0, 0.05) is 25.6 Å². The molecule has 1 fully saturated rings. The number of hydrogen-bond donors (Lipinski definition) is 2. The van der Waals surface area contributed by atoms with Crippen molar-refractivity contribution in [2.75, 3.05) is 32.7 Å². The van der Waals surface area contributed by atoms with E-state index in [2.05, 4.69) is 31.1 Å². The highest BCUT2D eigenvalue weighted by Crippen LogP contribution is 2.17. The van der Waals surface area contributed by atoms with Crippen molar-refractivity contribution in [1.82, 2.24) is 15.2 Å². The van der Waals surface area contributed by atoms with Crippen molar-refractivity contribution >= 4 is 11.8 Å². The largest absolute Gasteiger partial charge is 0.342 e. The lowest BCUT2D eigenvalue weighted by molar-refractivity contribution is -0.136. The van der Waals surface area contributed by atoms with Crippen LogP contribution in [0, 0.1) is 11.8 Å². The van der Waals surface area contributed by atoms with E-state index in [4.69, 9.17) is 5.84 Å². The summed E-state index contributed by atoms with van der Waals surface area (Å²) in [6.45, 7) is 9.99. The van der Waals surface area contributed by atoms with Crippen LogP contribution in [0.15, 0.2) is 0 Å². The molecule has 0 aromatic rings. The second-order valence-corrected chi connectivity index (χ2v) is 5.89. The molecule has 1 aliphatic rings. The Labute approximate surface area is 121 Å². The van der Waals surface area contributed by atoms with Crippen molar-refractivity contribution in [2.24, 2.45) is 17.7 Å². The monoisotopic (exact) mass is 284 g/mol. The molecule has 0 aromatic heterocycles. The second-order valence-electron chi connectivity index (χ2n) is 5.89. The Morgan fingerprint density at radius 3 is 2.40 bits per heavy atom. The fourth-order valence-corrected chi connectivity index (χ4v) is 2.62. The molecule has 0 radical (unpaired) electrons. The highest BCUT2D eigenvalue weighted by molar-refractivity contribution is 5.80. The molecule has 20 heavy (non-hydrogen) atoms. The summed E-state index contributed by atoms with van der Waals surface area (Å²) in [5.74, 6) is 5.69. The minimum absolute atomic E-state index is 0.0537. The molecule has 0 bridgehead atoms. The van der Waals surface area contributed by atoms with E-state index in [0.29, 0.717) is 38.4 Å². The molecule has 0 aliphatic carbocycles. The number of hydrogen-bond acceptors (Lipinski definition) is 4. The molecule has 3 N–H and O–H groups in total. The summed E-state index contributed by atoms with van der Waals surface area (Å²) >= 11 is 0. The number of nitrogens with two attached hydrogens (primary N) is 1. The quantitative estimate of drug-likeness (QED) is 0.415. The SMILES string of the molecule is CCN(CC(=O)N1CCC(C(=O)NN)CC1)CC(C)C. The Kier molecular flexibility index (Phi) is 6.95. The van der Waals surface area contributed by atoms with Gasteiger partial charge in [0.2, 0.25) is 11.8 Å². The van der Waals surface area contributed by atoms with Gasteiger partial charge in [0.05, 0.1) is 6.54 Å². The third-order valence-corrected chi connectivity index (χ3v) is 3.79. The number of piperidine rings is 1. The normalized spacial score (nSPS) is 16.8. The van der Waals surface area contributed by atoms with Crippen LogP contribution in [0.25, 0.3) is 0 Å². The summed E-state index contributed by atoms with van der Waals surface area (Å²) in [6.07, 6.45) is 1.40. The van der Waals surface area contributed by atoms with Gasteiger partial charge in [-0.05, 0) is 25.3 Å². The molecule has 0 saturated carbocycles. The van der Waals surface area contributed by atoms with Crippen molar-refractivity contribution in [3.8, 4) is 0 Å². The van der Waals surface area contributed by atoms with Gasteiger partial charge in [0.15, 0.2) is 0 Å². The van der Waals surface area contributed by atoms with Gasteiger partial charge in [0.25, 0.3) is 0 Å². The molecule has 1 saturated heterocycles. The molecule has 0 unspecified atom stereocenters. The third kappa shape index (κ3) is 5.09. The molecule has 1 aliphatic heterocycles. The second kappa shape index (κ2) is 8.21. The Bertz CT molecular complexity index is 325. The highest BCUT2D eigenvalue weighted by atomic mass is 16.2. The minimum Gasteiger partial charge on any atom is -0.342 e. The number of hydrazine groups is 1. The molecule has 0 aromatic carbocycles. The van der Waals surface area contributed by atoms with Gasteiger partial charge in [-0.3, -0.25) is 19.9 Å². The molecule has 6 nitrogen and oxygen atoms in total. The lowest BCUT2D eigenvalue weighted by Crippen LogP contribution is -2.47. The van der Waals surface area contributed by atoms with Gasteiger partial charge in [-0.1, -0.05) is 20.8 Å². The third-order valence-electron chi connectivity index (χ3n) is 3.79. The van der Waals surface area contributed by atoms with Crippen molar-refractivity contribution in [3.63, 3.8) is 0 Å². The van der Waals surface area contributed by atoms with Crippen LogP contribution in [0.1, 0.15) is 33.6 Å². The van der Waals surface area contributed by atoms with Gasteiger partial charge >= 0.3 is 0 Å². The summed E-state index contributed by atoms with van der Waals surface area (Å²) in [4.78, 5) is 27.7. The van der Waals surface area contributed by atoms with Crippen molar-refractivity contribution in [3.05, 3.63) is 0 Å². The molecule has 116 valence electrons. The van der Waals surface area contributed by atoms with Gasteiger partial charge in [0.1, 0.15) is 0 Å². The Morgan fingerprint density at radius 1 is 1.35 bits per heavy atom. The smallest absolute Gasteiger partial charge is 0.237 e. The Balaban J connectivity index is 2.40. The first-order valence-corrected chi connectivity index (χ1v) is 7.48. The van der Waals surface area contributed by atoms with Crippen molar-refractivity contribution < 1.29 is 9.59 Å². The summed E-state index contributed by atoms with van der Waals surface area (Å²) in [7, 11) is 0. The van der Waals surface area contributed by atoms with Crippen molar-refractivity contribution in [2.45, 2.75) is 33.6 Å². The molecule has 0 spiro atoms. The van der Waals surface area contributed by atoms with E-state index in [-0.39, 0.29) is 17.7 Å². The van der Waals surface area contributed by atoms with Gasteiger partial charge in [-0.2, -0.15) is 0 Å². The van der Waals surface area contributed by atoms with E-state index in [1.165, 1.54) is 0 Å². The maximum Gasteiger partial charge on any atom is 0.237 e. The lowest BCUT2D eigenvalue weighted by Gasteiger charge is -2.33. The topological polar surface area (TPSA) is 78.7 Å². The van der Waals surface area contributed by atoms with Crippen LogP contribution in [0.4, 0.5) is 0 Å². The average molecular weight is 284 g/mol. The summed E-state index contributed by atoms with van der Waals surface area (Å²) in [6, 6.07) is 0. The zero-order chi connectivity index (χ0) is 15.1. The van der Waals surface area contributed by atoms with Crippen LogP contribution in [0.5, 0.6) is 0 Å². The number of carbonyl (C=O) groups excluding carboxylic acids is 2. The van der Waals surface area contributed by atoms with E-state index < -0.39 is 0 Å². The average Bonchev–Trinajstić information content (AvgIpc) is 2.45. The molecular weight excluding hydrogens is 256 g/mol. The first-order valence-electron chi connectivity index (χ1n) is 7.48. The van der Waals surface area contributed by atoms with Crippen LogP contribution in [-0.4, -0.2) is 54.3 Å². The lowest BCUT2D eigenvalue weighted by atomic mass is 9.96.